The first-order valence-corrected chi connectivity index (χ1v) is 21.9. The van der Waals surface area contributed by atoms with Gasteiger partial charge in [-0.15, -0.1) is 0 Å². The molecule has 264 valence electrons. The van der Waals surface area contributed by atoms with E-state index in [9.17, 15) is 29.4 Å². The summed E-state index contributed by atoms with van der Waals surface area (Å²) in [5, 5.41) is 0. The van der Waals surface area contributed by atoms with Crippen molar-refractivity contribution in [2.45, 2.75) is 194 Å². The second-order valence-corrected chi connectivity index (χ2v) is 15.9. The molecule has 0 unspecified atom stereocenters. The van der Waals surface area contributed by atoms with Crippen molar-refractivity contribution in [1.82, 2.24) is 0 Å². The van der Waals surface area contributed by atoms with Gasteiger partial charge in [0.2, 0.25) is 0 Å². The van der Waals surface area contributed by atoms with E-state index in [2.05, 4.69) is 38.2 Å². The molecule has 0 N–H and O–H groups in total. The van der Waals surface area contributed by atoms with E-state index in [0.29, 0.717) is 12.8 Å². The Kier molecular flexibility index (Phi) is 61.3. The fourth-order valence-electron chi connectivity index (χ4n) is 5.11. The summed E-state index contributed by atoms with van der Waals surface area (Å²) in [5.41, 5.74) is 0. The van der Waals surface area contributed by atoms with Crippen LogP contribution in [-0.4, -0.2) is 126 Å². The summed E-state index contributed by atoms with van der Waals surface area (Å²) in [4.78, 5) is 62.7. The largest absolute Gasteiger partial charge is 2.00 e. The van der Waals surface area contributed by atoms with Crippen molar-refractivity contribution in [1.29, 1.82) is 0 Å². The SMILES string of the molecule is CCCCCCCCC=CCCCCCCCC[P+]([O-])([O-])[O-].CCCCCCCCC=CCCCCCCCC[P+]([O-])([O-])[O-].[Ca+2].[Ca+2].[Ca+2]. The summed E-state index contributed by atoms with van der Waals surface area (Å²) in [6.45, 7) is 4.50. The zero-order valence-corrected chi connectivity index (χ0v) is 39.4. The standard InChI is InChI=1S/2C18H37O3P.3Ca/c2*1-2-3-4-5-6-7-8-9-10-11-12-13-14-15-16-17-18-22(19,20)21;;;/h2*9-10H,2-8,11-18H2,1H3,(H2,19,20,21);;;/q;;3*+2/p-4. The van der Waals surface area contributed by atoms with Crippen LogP contribution in [0.15, 0.2) is 24.3 Å². The minimum absolute atomic E-state index is 0. The molecule has 0 aromatic carbocycles. The van der Waals surface area contributed by atoms with Crippen LogP contribution in [0.5, 0.6) is 0 Å². The number of allylic oxidation sites excluding steroid dienone is 4. The predicted octanol–water partition coefficient (Wildman–Crippen LogP) is 6.59. The van der Waals surface area contributed by atoms with Crippen LogP contribution in [-0.2, 0) is 0 Å². The summed E-state index contributed by atoms with van der Waals surface area (Å²) in [7, 11) is -8.53. The molecule has 47 heavy (non-hydrogen) atoms. The zero-order valence-electron chi connectivity index (χ0n) is 31.0. The Labute approximate surface area is 383 Å². The Morgan fingerprint density at radius 1 is 0.298 bits per heavy atom. The molecule has 0 fully saturated rings. The van der Waals surface area contributed by atoms with Gasteiger partial charge in [-0.1, -0.05) is 141 Å². The fraction of sp³-hybridized carbons (Fsp3) is 0.889. The first-order valence-electron chi connectivity index (χ1n) is 18.4. The van der Waals surface area contributed by atoms with Gasteiger partial charge in [0.15, 0.2) is 0 Å². The summed E-state index contributed by atoms with van der Waals surface area (Å²) in [5.74, 6) is 0. The molecule has 0 rings (SSSR count). The first kappa shape index (κ1) is 60.1. The molecule has 11 heteroatoms. The van der Waals surface area contributed by atoms with Gasteiger partial charge < -0.3 is 29.4 Å². The van der Waals surface area contributed by atoms with Gasteiger partial charge in [-0.25, -0.2) is 0 Å². The van der Waals surface area contributed by atoms with Gasteiger partial charge in [-0.05, 0) is 77.0 Å². The third kappa shape index (κ3) is 65.2. The van der Waals surface area contributed by atoms with E-state index < -0.39 is 15.9 Å². The van der Waals surface area contributed by atoms with Gasteiger partial charge in [0.25, 0.3) is 0 Å². The average Bonchev–Trinajstić information content (AvgIpc) is 2.96. The zero-order chi connectivity index (χ0) is 33.0. The second kappa shape index (κ2) is 47.9. The normalized spacial score (nSPS) is 11.6. The molecule has 0 aromatic heterocycles. The van der Waals surface area contributed by atoms with E-state index in [1.165, 1.54) is 116 Å². The van der Waals surface area contributed by atoms with Crippen LogP contribution >= 0.6 is 15.9 Å². The molecule has 0 bridgehead atoms. The van der Waals surface area contributed by atoms with Crippen LogP contribution in [0.3, 0.4) is 0 Å². The van der Waals surface area contributed by atoms with E-state index in [4.69, 9.17) is 0 Å². The number of hydrogen-bond acceptors (Lipinski definition) is 6. The molecule has 0 aliphatic heterocycles. The van der Waals surface area contributed by atoms with E-state index in [-0.39, 0.29) is 126 Å². The van der Waals surface area contributed by atoms with Gasteiger partial charge >= 0.3 is 113 Å². The van der Waals surface area contributed by atoms with Crippen molar-refractivity contribution in [3.05, 3.63) is 24.3 Å². The molecule has 0 aliphatic carbocycles. The van der Waals surface area contributed by atoms with Crippen LogP contribution in [0.25, 0.3) is 0 Å². The van der Waals surface area contributed by atoms with Gasteiger partial charge in [-0.3, -0.25) is 0 Å². The molecule has 0 atom stereocenters. The van der Waals surface area contributed by atoms with Crippen molar-refractivity contribution in [3.63, 3.8) is 0 Å². The second-order valence-electron chi connectivity index (χ2n) is 12.5. The maximum absolute atomic E-state index is 10.4. The van der Waals surface area contributed by atoms with Crippen molar-refractivity contribution in [2.24, 2.45) is 0 Å². The molecule has 0 saturated carbocycles. The molecule has 0 heterocycles. The van der Waals surface area contributed by atoms with E-state index in [1.807, 2.05) is 0 Å². The predicted molar refractivity (Wildman–Crippen MR) is 200 cm³/mol. The first-order chi connectivity index (χ1) is 21.1. The summed E-state index contributed by atoms with van der Waals surface area (Å²) in [6, 6.07) is 0. The van der Waals surface area contributed by atoms with Crippen LogP contribution in [0.1, 0.15) is 194 Å². The quantitative estimate of drug-likeness (QED) is 0.0327. The van der Waals surface area contributed by atoms with E-state index >= 15 is 0 Å². The molecule has 0 aliphatic rings. The minimum atomic E-state index is -4.26. The molecule has 6 nitrogen and oxygen atoms in total. The summed E-state index contributed by atoms with van der Waals surface area (Å²) < 4.78 is 0. The third-order valence-corrected chi connectivity index (χ3v) is 9.62. The topological polar surface area (TPSA) is 138 Å². The van der Waals surface area contributed by atoms with Crippen LogP contribution < -0.4 is 29.4 Å². The van der Waals surface area contributed by atoms with Gasteiger partial charge in [0.05, 0.1) is 0 Å². The van der Waals surface area contributed by atoms with Crippen molar-refractivity contribution in [3.8, 4) is 0 Å². The molecular formula is C36H70Ca3O6P2+2. The molecule has 0 saturated heterocycles. The molecular weight excluding hydrogens is 711 g/mol. The van der Waals surface area contributed by atoms with E-state index in [1.54, 1.807) is 0 Å². The maximum Gasteiger partial charge on any atom is 2.00 e. The van der Waals surface area contributed by atoms with Crippen molar-refractivity contribution < 1.29 is 29.4 Å². The smallest absolute Gasteiger partial charge is 0.688 e. The van der Waals surface area contributed by atoms with Crippen LogP contribution in [0.4, 0.5) is 0 Å². The Balaban J connectivity index is -0.000000235. The Morgan fingerprint density at radius 2 is 0.489 bits per heavy atom. The maximum atomic E-state index is 10.4. The molecule has 0 aromatic rings. The van der Waals surface area contributed by atoms with E-state index in [0.717, 1.165) is 51.4 Å². The van der Waals surface area contributed by atoms with Crippen LogP contribution in [0, 0.1) is 0 Å². The monoisotopic (exact) mass is 780 g/mol. The Bertz CT molecular complexity index is 567. The summed E-state index contributed by atoms with van der Waals surface area (Å²) >= 11 is 0. The third-order valence-electron chi connectivity index (χ3n) is 7.89. The average molecular weight is 781 g/mol. The van der Waals surface area contributed by atoms with Crippen molar-refractivity contribution >= 4 is 129 Å². The molecule has 0 radical (unpaired) electrons. The van der Waals surface area contributed by atoms with Crippen LogP contribution in [0.2, 0.25) is 0 Å². The van der Waals surface area contributed by atoms with Crippen molar-refractivity contribution in [2.75, 3.05) is 12.3 Å². The summed E-state index contributed by atoms with van der Waals surface area (Å²) in [6.07, 6.45) is 42.0. The number of rotatable bonds is 32. The molecule has 0 spiro atoms. The number of hydrogen-bond donors (Lipinski definition) is 0. The number of unbranched alkanes of at least 4 members (excludes halogenated alkanes) is 24. The van der Waals surface area contributed by atoms with Gasteiger partial charge in [-0.2, -0.15) is 15.9 Å². The Morgan fingerprint density at radius 3 is 0.702 bits per heavy atom. The Hall–Kier alpha value is 3.88. The minimum Gasteiger partial charge on any atom is -0.688 e. The molecule has 0 amide bonds. The van der Waals surface area contributed by atoms with Gasteiger partial charge in [0, 0.05) is 12.3 Å². The fourth-order valence-corrected chi connectivity index (χ4v) is 6.33. The van der Waals surface area contributed by atoms with Gasteiger partial charge in [0.1, 0.15) is 0 Å².